The smallest absolute Gasteiger partial charge is 0.142 e. The van der Waals surface area contributed by atoms with Crippen molar-refractivity contribution >= 4 is 11.6 Å². The fourth-order valence-electron chi connectivity index (χ4n) is 2.00. The molecular weight excluding hydrogens is 268 g/mol. The second-order valence-corrected chi connectivity index (χ2v) is 6.40. The Morgan fingerprint density at radius 1 is 1.21 bits per heavy atom. The highest BCUT2D eigenvalue weighted by molar-refractivity contribution is 6.30. The van der Waals surface area contributed by atoms with Crippen LogP contribution in [0.15, 0.2) is 12.1 Å². The Bertz CT molecular complexity index is 427. The molecule has 19 heavy (non-hydrogen) atoms. The largest absolute Gasteiger partial charge is 0.310 e. The summed E-state index contributed by atoms with van der Waals surface area (Å²) in [5, 5.41) is 3.04. The Hall–Kier alpha value is -0.670. The molecule has 1 aromatic rings. The summed E-state index contributed by atoms with van der Waals surface area (Å²) in [7, 11) is 0. The van der Waals surface area contributed by atoms with Gasteiger partial charge in [-0.1, -0.05) is 39.3 Å². The highest BCUT2D eigenvalue weighted by atomic mass is 35.5. The van der Waals surface area contributed by atoms with E-state index in [-0.39, 0.29) is 16.5 Å². The molecule has 0 fully saturated rings. The average Bonchev–Trinajstić information content (AvgIpc) is 2.28. The summed E-state index contributed by atoms with van der Waals surface area (Å²) in [6, 6.07) is 2.07. The first-order valence-corrected chi connectivity index (χ1v) is 7.00. The molecule has 0 heterocycles. The molecule has 0 saturated heterocycles. The summed E-state index contributed by atoms with van der Waals surface area (Å²) in [6.07, 6.45) is 1.68. The molecule has 1 unspecified atom stereocenters. The molecule has 4 heteroatoms. The van der Waals surface area contributed by atoms with Crippen molar-refractivity contribution in [2.45, 2.75) is 46.6 Å². The van der Waals surface area contributed by atoms with Crippen LogP contribution in [0.4, 0.5) is 8.78 Å². The molecule has 0 aliphatic rings. The minimum atomic E-state index is -0.572. The van der Waals surface area contributed by atoms with E-state index < -0.39 is 11.6 Å². The number of benzene rings is 1. The summed E-state index contributed by atoms with van der Waals surface area (Å²) in [5.41, 5.74) is 0.516. The molecule has 0 aliphatic heterocycles. The number of halogens is 3. The third-order valence-corrected chi connectivity index (χ3v) is 3.34. The van der Waals surface area contributed by atoms with Gasteiger partial charge in [0, 0.05) is 11.6 Å². The average molecular weight is 290 g/mol. The Balaban J connectivity index is 2.95. The van der Waals surface area contributed by atoms with Crippen molar-refractivity contribution in [1.82, 2.24) is 5.32 Å². The predicted octanol–water partition coefficient (Wildman–Crippen LogP) is 5.10. The lowest BCUT2D eigenvalue weighted by Gasteiger charge is -2.24. The molecule has 108 valence electrons. The van der Waals surface area contributed by atoms with E-state index in [1.165, 1.54) is 6.07 Å². The molecule has 0 bridgehead atoms. The van der Waals surface area contributed by atoms with Crippen molar-refractivity contribution < 1.29 is 8.78 Å². The molecule has 1 N–H and O–H groups in total. The Morgan fingerprint density at radius 2 is 1.84 bits per heavy atom. The summed E-state index contributed by atoms with van der Waals surface area (Å²) in [6.45, 7) is 9.06. The van der Waals surface area contributed by atoms with Crippen molar-refractivity contribution in [3.8, 4) is 0 Å². The highest BCUT2D eigenvalue weighted by Crippen LogP contribution is 2.30. The van der Waals surface area contributed by atoms with Crippen molar-refractivity contribution in [2.24, 2.45) is 5.41 Å². The van der Waals surface area contributed by atoms with Crippen molar-refractivity contribution in [2.75, 3.05) is 6.54 Å². The van der Waals surface area contributed by atoms with E-state index in [1.807, 2.05) is 6.92 Å². The van der Waals surface area contributed by atoms with Crippen molar-refractivity contribution in [3.63, 3.8) is 0 Å². The van der Waals surface area contributed by atoms with Gasteiger partial charge < -0.3 is 5.32 Å². The lowest BCUT2D eigenvalue weighted by Crippen LogP contribution is -2.23. The van der Waals surface area contributed by atoms with Crippen LogP contribution in [0.1, 0.15) is 52.1 Å². The molecule has 0 amide bonds. The fourth-order valence-corrected chi connectivity index (χ4v) is 2.15. The van der Waals surface area contributed by atoms with Gasteiger partial charge >= 0.3 is 0 Å². The SMILES string of the molecule is CCNC(CCC(C)(C)C)c1cc(F)c(Cl)cc1F. The van der Waals surface area contributed by atoms with Gasteiger partial charge in [-0.25, -0.2) is 8.78 Å². The summed E-state index contributed by atoms with van der Waals surface area (Å²) in [5.74, 6) is -1.03. The monoisotopic (exact) mass is 289 g/mol. The molecule has 1 aromatic carbocycles. The first kappa shape index (κ1) is 16.4. The van der Waals surface area contributed by atoms with E-state index in [4.69, 9.17) is 11.6 Å². The van der Waals surface area contributed by atoms with E-state index in [2.05, 4.69) is 26.1 Å². The van der Waals surface area contributed by atoms with Crippen LogP contribution in [0.5, 0.6) is 0 Å². The second kappa shape index (κ2) is 6.67. The predicted molar refractivity (Wildman–Crippen MR) is 76.5 cm³/mol. The Kier molecular flexibility index (Phi) is 5.75. The van der Waals surface area contributed by atoms with E-state index in [0.29, 0.717) is 12.1 Å². The minimum absolute atomic E-state index is 0.162. The van der Waals surface area contributed by atoms with E-state index >= 15 is 0 Å². The summed E-state index contributed by atoms with van der Waals surface area (Å²) < 4.78 is 27.4. The molecule has 0 aliphatic carbocycles. The number of hydrogen-bond donors (Lipinski definition) is 1. The van der Waals surface area contributed by atoms with Crippen LogP contribution in [-0.4, -0.2) is 6.54 Å². The molecule has 1 nitrogen and oxygen atoms in total. The molecule has 0 spiro atoms. The Labute approximate surface area is 119 Å². The molecule has 0 aromatic heterocycles. The van der Waals surface area contributed by atoms with E-state index in [9.17, 15) is 8.78 Å². The van der Waals surface area contributed by atoms with Gasteiger partial charge in [-0.3, -0.25) is 0 Å². The first-order chi connectivity index (χ1) is 8.74. The first-order valence-electron chi connectivity index (χ1n) is 6.62. The standard InChI is InChI=1S/C15H22ClF2N/c1-5-19-14(6-7-15(2,3)4)10-8-13(18)11(16)9-12(10)17/h8-9,14,19H,5-7H2,1-4H3. The van der Waals surface area contributed by atoms with Crippen LogP contribution in [0.25, 0.3) is 0 Å². The lowest BCUT2D eigenvalue weighted by atomic mass is 9.87. The van der Waals surface area contributed by atoms with Gasteiger partial charge in [0.2, 0.25) is 0 Å². The second-order valence-electron chi connectivity index (χ2n) is 6.00. The Morgan fingerprint density at radius 3 is 2.37 bits per heavy atom. The minimum Gasteiger partial charge on any atom is -0.310 e. The maximum atomic E-state index is 13.9. The van der Waals surface area contributed by atoms with Gasteiger partial charge in [0.05, 0.1) is 5.02 Å². The third-order valence-electron chi connectivity index (χ3n) is 3.05. The maximum absolute atomic E-state index is 13.9. The van der Waals surface area contributed by atoms with Gasteiger partial charge in [0.15, 0.2) is 0 Å². The quantitative estimate of drug-likeness (QED) is 0.744. The van der Waals surface area contributed by atoms with Gasteiger partial charge in [0.1, 0.15) is 11.6 Å². The van der Waals surface area contributed by atoms with Gasteiger partial charge in [-0.05, 0) is 36.9 Å². The van der Waals surface area contributed by atoms with E-state index in [0.717, 1.165) is 18.9 Å². The molecule has 0 saturated carbocycles. The molecule has 1 rings (SSSR count). The van der Waals surface area contributed by atoms with Crippen LogP contribution in [0, 0.1) is 17.0 Å². The van der Waals surface area contributed by atoms with E-state index in [1.54, 1.807) is 0 Å². The molecule has 1 atom stereocenters. The highest BCUT2D eigenvalue weighted by Gasteiger charge is 2.20. The number of nitrogens with one attached hydrogen (secondary N) is 1. The van der Waals surface area contributed by atoms with Crippen molar-refractivity contribution in [3.05, 3.63) is 34.4 Å². The fraction of sp³-hybridized carbons (Fsp3) is 0.600. The topological polar surface area (TPSA) is 12.0 Å². The van der Waals surface area contributed by atoms with Crippen LogP contribution in [0.3, 0.4) is 0 Å². The zero-order valence-electron chi connectivity index (χ0n) is 12.0. The zero-order chi connectivity index (χ0) is 14.6. The van der Waals surface area contributed by atoms with Crippen LogP contribution < -0.4 is 5.32 Å². The third kappa shape index (κ3) is 5.07. The maximum Gasteiger partial charge on any atom is 0.142 e. The summed E-state index contributed by atoms with van der Waals surface area (Å²) >= 11 is 5.58. The van der Waals surface area contributed by atoms with Crippen molar-refractivity contribution in [1.29, 1.82) is 0 Å². The number of hydrogen-bond acceptors (Lipinski definition) is 1. The lowest BCUT2D eigenvalue weighted by molar-refractivity contribution is 0.330. The molecule has 0 radical (unpaired) electrons. The van der Waals surface area contributed by atoms with Gasteiger partial charge in [-0.2, -0.15) is 0 Å². The van der Waals surface area contributed by atoms with Gasteiger partial charge in [-0.15, -0.1) is 0 Å². The summed E-state index contributed by atoms with van der Waals surface area (Å²) in [4.78, 5) is 0. The van der Waals surface area contributed by atoms with Crippen LogP contribution in [0.2, 0.25) is 5.02 Å². The van der Waals surface area contributed by atoms with Crippen LogP contribution >= 0.6 is 11.6 Å². The normalized spacial score (nSPS) is 13.6. The molecular formula is C15H22ClF2N. The number of rotatable bonds is 5. The zero-order valence-corrected chi connectivity index (χ0v) is 12.7. The van der Waals surface area contributed by atoms with Gasteiger partial charge in [0.25, 0.3) is 0 Å². The van der Waals surface area contributed by atoms with Crippen LogP contribution in [-0.2, 0) is 0 Å².